The Bertz CT molecular complexity index is 359. The van der Waals surface area contributed by atoms with Crippen molar-refractivity contribution < 1.29 is 9.53 Å². The Morgan fingerprint density at radius 2 is 2.13 bits per heavy atom. The Morgan fingerprint density at radius 3 is 2.67 bits per heavy atom. The molecule has 0 unspecified atom stereocenters. The molecule has 0 amide bonds. The van der Waals surface area contributed by atoms with Crippen molar-refractivity contribution in [3.8, 4) is 5.75 Å². The maximum Gasteiger partial charge on any atom is 0.308 e. The van der Waals surface area contributed by atoms with Gasteiger partial charge in [-0.25, -0.2) is 0 Å². The largest absolute Gasteiger partial charge is 0.425 e. The van der Waals surface area contributed by atoms with Crippen molar-refractivity contribution in [2.75, 3.05) is 5.73 Å². The molecule has 3 nitrogen and oxygen atoms in total. The van der Waals surface area contributed by atoms with Gasteiger partial charge in [0.25, 0.3) is 0 Å². The Labute approximate surface area is 90.2 Å². The van der Waals surface area contributed by atoms with E-state index >= 15 is 0 Å². The van der Waals surface area contributed by atoms with Crippen LogP contribution < -0.4 is 10.5 Å². The number of para-hydroxylation sites is 1. The van der Waals surface area contributed by atoms with Crippen molar-refractivity contribution in [3.63, 3.8) is 0 Å². The summed E-state index contributed by atoms with van der Waals surface area (Å²) in [5.74, 6) is 0.643. The number of carbonyl (C=O) groups excluding carboxylic acids is 1. The molecule has 1 aromatic carbocycles. The quantitative estimate of drug-likeness (QED) is 0.470. The lowest BCUT2D eigenvalue weighted by molar-refractivity contribution is -0.131. The summed E-state index contributed by atoms with van der Waals surface area (Å²) in [5.41, 5.74) is 7.50. The van der Waals surface area contributed by atoms with Gasteiger partial charge in [-0.2, -0.15) is 0 Å². The standard InChI is InChI=1S/C12H17NO2/c1-8(2)7-10-5-4-6-11(12(10)13)15-9(3)14/h4-6,8H,7,13H2,1-3H3. The van der Waals surface area contributed by atoms with E-state index in [1.54, 1.807) is 6.07 Å². The number of hydrogen-bond donors (Lipinski definition) is 1. The summed E-state index contributed by atoms with van der Waals surface area (Å²) < 4.78 is 5.00. The number of esters is 1. The van der Waals surface area contributed by atoms with E-state index in [1.807, 2.05) is 12.1 Å². The zero-order chi connectivity index (χ0) is 11.4. The second-order valence-electron chi connectivity index (χ2n) is 4.02. The minimum atomic E-state index is -0.344. The number of nitrogen functional groups attached to an aromatic ring is 1. The molecule has 0 bridgehead atoms. The van der Waals surface area contributed by atoms with E-state index in [-0.39, 0.29) is 5.97 Å². The molecule has 0 spiro atoms. The van der Waals surface area contributed by atoms with E-state index in [9.17, 15) is 4.79 Å². The molecule has 2 N–H and O–H groups in total. The van der Waals surface area contributed by atoms with E-state index in [2.05, 4.69) is 13.8 Å². The van der Waals surface area contributed by atoms with Gasteiger partial charge in [0.2, 0.25) is 0 Å². The smallest absolute Gasteiger partial charge is 0.308 e. The lowest BCUT2D eigenvalue weighted by atomic mass is 10.0. The predicted molar refractivity (Wildman–Crippen MR) is 60.7 cm³/mol. The highest BCUT2D eigenvalue weighted by atomic mass is 16.5. The van der Waals surface area contributed by atoms with Crippen LogP contribution in [0.3, 0.4) is 0 Å². The molecular formula is C12H17NO2. The minimum Gasteiger partial charge on any atom is -0.425 e. The topological polar surface area (TPSA) is 52.3 Å². The van der Waals surface area contributed by atoms with Gasteiger partial charge in [0, 0.05) is 6.92 Å². The highest BCUT2D eigenvalue weighted by Crippen LogP contribution is 2.27. The van der Waals surface area contributed by atoms with Gasteiger partial charge in [-0.05, 0) is 24.0 Å². The Hall–Kier alpha value is -1.51. The monoisotopic (exact) mass is 207 g/mol. The maximum absolute atomic E-state index is 10.8. The zero-order valence-corrected chi connectivity index (χ0v) is 9.41. The van der Waals surface area contributed by atoms with Crippen LogP contribution in [0, 0.1) is 5.92 Å². The summed E-state index contributed by atoms with van der Waals surface area (Å²) in [7, 11) is 0. The third-order valence-corrected chi connectivity index (χ3v) is 2.04. The van der Waals surface area contributed by atoms with E-state index < -0.39 is 0 Å². The number of anilines is 1. The number of benzene rings is 1. The maximum atomic E-state index is 10.8. The first-order chi connectivity index (χ1) is 7.00. The molecule has 0 aliphatic heterocycles. The first kappa shape index (κ1) is 11.6. The molecule has 0 aliphatic rings. The number of hydrogen-bond acceptors (Lipinski definition) is 3. The fourth-order valence-electron chi connectivity index (χ4n) is 1.45. The van der Waals surface area contributed by atoms with Crippen molar-refractivity contribution in [2.45, 2.75) is 27.2 Å². The van der Waals surface area contributed by atoms with Crippen LogP contribution in [-0.2, 0) is 11.2 Å². The average molecular weight is 207 g/mol. The molecule has 82 valence electrons. The average Bonchev–Trinajstić information content (AvgIpc) is 2.10. The van der Waals surface area contributed by atoms with Gasteiger partial charge >= 0.3 is 5.97 Å². The fraction of sp³-hybridized carbons (Fsp3) is 0.417. The van der Waals surface area contributed by atoms with Crippen LogP contribution in [0.4, 0.5) is 5.69 Å². The van der Waals surface area contributed by atoms with Crippen molar-refractivity contribution >= 4 is 11.7 Å². The number of rotatable bonds is 3. The third-order valence-electron chi connectivity index (χ3n) is 2.04. The highest BCUT2D eigenvalue weighted by Gasteiger charge is 2.08. The van der Waals surface area contributed by atoms with Crippen LogP contribution in [0.1, 0.15) is 26.3 Å². The van der Waals surface area contributed by atoms with E-state index in [0.29, 0.717) is 17.4 Å². The van der Waals surface area contributed by atoms with Crippen LogP contribution in [0.15, 0.2) is 18.2 Å². The molecule has 0 aromatic heterocycles. The predicted octanol–water partition coefficient (Wildman–Crippen LogP) is 2.39. The van der Waals surface area contributed by atoms with Crippen LogP contribution in [0.2, 0.25) is 0 Å². The molecule has 0 radical (unpaired) electrons. The van der Waals surface area contributed by atoms with Crippen LogP contribution in [-0.4, -0.2) is 5.97 Å². The molecular weight excluding hydrogens is 190 g/mol. The summed E-state index contributed by atoms with van der Waals surface area (Å²) in [5, 5.41) is 0. The molecule has 0 saturated carbocycles. The van der Waals surface area contributed by atoms with Gasteiger partial charge in [-0.3, -0.25) is 4.79 Å². The molecule has 0 fully saturated rings. The van der Waals surface area contributed by atoms with Crippen molar-refractivity contribution in [1.29, 1.82) is 0 Å². The van der Waals surface area contributed by atoms with Crippen LogP contribution >= 0.6 is 0 Å². The minimum absolute atomic E-state index is 0.344. The number of nitrogens with two attached hydrogens (primary N) is 1. The first-order valence-electron chi connectivity index (χ1n) is 5.06. The Morgan fingerprint density at radius 1 is 1.47 bits per heavy atom. The summed E-state index contributed by atoms with van der Waals surface area (Å²) in [6.07, 6.45) is 0.890. The molecule has 0 saturated heterocycles. The Kier molecular flexibility index (Phi) is 3.72. The van der Waals surface area contributed by atoms with E-state index in [0.717, 1.165) is 12.0 Å². The lowest BCUT2D eigenvalue weighted by Gasteiger charge is -2.11. The highest BCUT2D eigenvalue weighted by molar-refractivity contribution is 5.72. The zero-order valence-electron chi connectivity index (χ0n) is 9.41. The molecule has 0 atom stereocenters. The first-order valence-corrected chi connectivity index (χ1v) is 5.06. The van der Waals surface area contributed by atoms with Crippen molar-refractivity contribution in [2.24, 2.45) is 5.92 Å². The lowest BCUT2D eigenvalue weighted by Crippen LogP contribution is -2.06. The molecule has 3 heteroatoms. The van der Waals surface area contributed by atoms with Gasteiger partial charge in [0.05, 0.1) is 5.69 Å². The normalized spacial score (nSPS) is 10.4. The van der Waals surface area contributed by atoms with E-state index in [4.69, 9.17) is 10.5 Å². The van der Waals surface area contributed by atoms with Gasteiger partial charge in [0.1, 0.15) is 0 Å². The van der Waals surface area contributed by atoms with Gasteiger partial charge in [-0.1, -0.05) is 26.0 Å². The van der Waals surface area contributed by atoms with Gasteiger partial charge in [0.15, 0.2) is 5.75 Å². The fourth-order valence-corrected chi connectivity index (χ4v) is 1.45. The summed E-state index contributed by atoms with van der Waals surface area (Å²) in [6, 6.07) is 5.52. The molecule has 1 rings (SSSR count). The van der Waals surface area contributed by atoms with Crippen LogP contribution in [0.5, 0.6) is 5.75 Å². The molecule has 0 heterocycles. The summed E-state index contributed by atoms with van der Waals surface area (Å²) in [6.45, 7) is 5.62. The number of ether oxygens (including phenoxy) is 1. The van der Waals surface area contributed by atoms with Crippen molar-refractivity contribution in [1.82, 2.24) is 0 Å². The van der Waals surface area contributed by atoms with Gasteiger partial charge in [-0.15, -0.1) is 0 Å². The summed E-state index contributed by atoms with van der Waals surface area (Å²) >= 11 is 0. The Balaban J connectivity index is 2.95. The second-order valence-corrected chi connectivity index (χ2v) is 4.02. The van der Waals surface area contributed by atoms with E-state index in [1.165, 1.54) is 6.92 Å². The van der Waals surface area contributed by atoms with Crippen LogP contribution in [0.25, 0.3) is 0 Å². The molecule has 1 aromatic rings. The molecule has 15 heavy (non-hydrogen) atoms. The number of carbonyl (C=O) groups is 1. The summed E-state index contributed by atoms with van der Waals surface area (Å²) in [4.78, 5) is 10.8. The SMILES string of the molecule is CC(=O)Oc1cccc(CC(C)C)c1N. The third kappa shape index (κ3) is 3.27. The van der Waals surface area contributed by atoms with Gasteiger partial charge < -0.3 is 10.5 Å². The van der Waals surface area contributed by atoms with Crippen molar-refractivity contribution in [3.05, 3.63) is 23.8 Å². The molecule has 0 aliphatic carbocycles. The second kappa shape index (κ2) is 4.82.